The van der Waals surface area contributed by atoms with Crippen molar-refractivity contribution in [3.8, 4) is 0 Å². The molecule has 15 heavy (non-hydrogen) atoms. The Kier molecular flexibility index (Phi) is 5.14. The number of nitrogens with zero attached hydrogens (tertiary/aromatic N) is 2. The van der Waals surface area contributed by atoms with Crippen LogP contribution in [0.15, 0.2) is 24.5 Å². The summed E-state index contributed by atoms with van der Waals surface area (Å²) in [5, 5.41) is 0. The van der Waals surface area contributed by atoms with Crippen molar-refractivity contribution in [3.05, 3.63) is 30.1 Å². The van der Waals surface area contributed by atoms with Crippen molar-refractivity contribution in [2.75, 3.05) is 19.6 Å². The predicted molar refractivity (Wildman–Crippen MR) is 54.6 cm³/mol. The molecule has 0 fully saturated rings. The maximum absolute atomic E-state index is 12.2. The molecule has 1 heterocycles. The molecule has 0 spiro atoms. The maximum Gasteiger partial charge on any atom is 0.251 e. The van der Waals surface area contributed by atoms with Crippen LogP contribution in [0.3, 0.4) is 0 Å². The van der Waals surface area contributed by atoms with Gasteiger partial charge in [0.15, 0.2) is 0 Å². The van der Waals surface area contributed by atoms with E-state index in [0.717, 1.165) is 5.56 Å². The number of pyridine rings is 1. The minimum Gasteiger partial charge on any atom is -0.329 e. The molecule has 0 radical (unpaired) electrons. The summed E-state index contributed by atoms with van der Waals surface area (Å²) in [6.45, 7) is 1.08. The van der Waals surface area contributed by atoms with Gasteiger partial charge in [-0.15, -0.1) is 0 Å². The van der Waals surface area contributed by atoms with Gasteiger partial charge in [0.05, 0.1) is 6.54 Å². The molecule has 0 saturated carbocycles. The lowest BCUT2D eigenvalue weighted by atomic mass is 10.2. The van der Waals surface area contributed by atoms with E-state index in [0.29, 0.717) is 19.6 Å². The Labute approximate surface area is 87.9 Å². The first-order chi connectivity index (χ1) is 7.22. The van der Waals surface area contributed by atoms with Gasteiger partial charge in [0.1, 0.15) is 0 Å². The molecule has 2 N–H and O–H groups in total. The lowest BCUT2D eigenvalue weighted by molar-refractivity contribution is 0.0862. The van der Waals surface area contributed by atoms with E-state index in [2.05, 4.69) is 4.98 Å². The molecule has 0 aliphatic rings. The molecule has 0 unspecified atom stereocenters. The van der Waals surface area contributed by atoms with Crippen molar-refractivity contribution in [2.24, 2.45) is 5.73 Å². The first kappa shape index (κ1) is 12.0. The van der Waals surface area contributed by atoms with Gasteiger partial charge in [-0.05, 0) is 11.6 Å². The summed E-state index contributed by atoms with van der Waals surface area (Å²) in [6.07, 6.45) is 1.01. The van der Waals surface area contributed by atoms with Crippen molar-refractivity contribution >= 4 is 0 Å². The van der Waals surface area contributed by atoms with E-state index in [1.165, 1.54) is 0 Å². The van der Waals surface area contributed by atoms with Crippen molar-refractivity contribution in [3.63, 3.8) is 0 Å². The highest BCUT2D eigenvalue weighted by molar-refractivity contribution is 5.08. The highest BCUT2D eigenvalue weighted by Gasteiger charge is 2.11. The van der Waals surface area contributed by atoms with Gasteiger partial charge >= 0.3 is 0 Å². The van der Waals surface area contributed by atoms with Crippen LogP contribution in [0.5, 0.6) is 0 Å². The third-order valence-electron chi connectivity index (χ3n) is 1.97. The van der Waals surface area contributed by atoms with Crippen LogP contribution < -0.4 is 5.73 Å². The number of hydrogen-bond acceptors (Lipinski definition) is 3. The van der Waals surface area contributed by atoms with Crippen LogP contribution >= 0.6 is 0 Å². The lowest BCUT2D eigenvalue weighted by Gasteiger charge is -2.20. The number of rotatable bonds is 6. The van der Waals surface area contributed by atoms with E-state index in [1.807, 2.05) is 6.07 Å². The summed E-state index contributed by atoms with van der Waals surface area (Å²) in [4.78, 5) is 5.56. The molecule has 1 rings (SSSR count). The van der Waals surface area contributed by atoms with Gasteiger partial charge in [-0.3, -0.25) is 9.88 Å². The second-order valence-corrected chi connectivity index (χ2v) is 3.28. The Morgan fingerprint density at radius 2 is 2.27 bits per heavy atom. The molecule has 3 nitrogen and oxygen atoms in total. The standard InChI is InChI=1S/C10H15F2N3/c11-10(12)8-15(5-3-13)7-9-2-1-4-14-6-9/h1-2,4,6,10H,3,5,7-8,13H2. The van der Waals surface area contributed by atoms with Gasteiger partial charge in [-0.1, -0.05) is 6.07 Å². The van der Waals surface area contributed by atoms with E-state index < -0.39 is 6.43 Å². The van der Waals surface area contributed by atoms with Crippen LogP contribution in [0.2, 0.25) is 0 Å². The fraction of sp³-hybridized carbons (Fsp3) is 0.500. The van der Waals surface area contributed by atoms with E-state index in [1.54, 1.807) is 23.4 Å². The Morgan fingerprint density at radius 1 is 1.47 bits per heavy atom. The van der Waals surface area contributed by atoms with Crippen molar-refractivity contribution in [2.45, 2.75) is 13.0 Å². The van der Waals surface area contributed by atoms with Crippen LogP contribution in [0.1, 0.15) is 5.56 Å². The van der Waals surface area contributed by atoms with Crippen molar-refractivity contribution in [1.82, 2.24) is 9.88 Å². The van der Waals surface area contributed by atoms with Crippen molar-refractivity contribution in [1.29, 1.82) is 0 Å². The zero-order valence-corrected chi connectivity index (χ0v) is 8.44. The van der Waals surface area contributed by atoms with Crippen LogP contribution in [-0.4, -0.2) is 35.9 Å². The fourth-order valence-electron chi connectivity index (χ4n) is 1.36. The summed E-state index contributed by atoms with van der Waals surface area (Å²) in [5.41, 5.74) is 6.28. The van der Waals surface area contributed by atoms with Gasteiger partial charge in [0.25, 0.3) is 6.43 Å². The molecule has 0 saturated heterocycles. The normalized spacial score (nSPS) is 11.3. The first-order valence-electron chi connectivity index (χ1n) is 4.82. The third-order valence-corrected chi connectivity index (χ3v) is 1.97. The second kappa shape index (κ2) is 6.42. The molecule has 0 aliphatic carbocycles. The van der Waals surface area contributed by atoms with Gasteiger partial charge in [0, 0.05) is 32.0 Å². The summed E-state index contributed by atoms with van der Waals surface area (Å²) in [6, 6.07) is 3.65. The zero-order valence-electron chi connectivity index (χ0n) is 8.44. The van der Waals surface area contributed by atoms with Crippen LogP contribution in [0, 0.1) is 0 Å². The molecule has 1 aromatic heterocycles. The molecule has 1 aromatic rings. The minimum atomic E-state index is -2.33. The minimum absolute atomic E-state index is 0.244. The number of aromatic nitrogens is 1. The van der Waals surface area contributed by atoms with Gasteiger partial charge in [-0.25, -0.2) is 8.78 Å². The molecule has 84 valence electrons. The molecule has 0 aromatic carbocycles. The van der Waals surface area contributed by atoms with Crippen LogP contribution in [0.4, 0.5) is 8.78 Å². The van der Waals surface area contributed by atoms with Crippen LogP contribution in [-0.2, 0) is 6.54 Å². The number of nitrogens with two attached hydrogens (primary N) is 1. The molecule has 0 atom stereocenters. The van der Waals surface area contributed by atoms with Gasteiger partial charge in [-0.2, -0.15) is 0 Å². The average molecular weight is 215 g/mol. The number of alkyl halides is 2. The zero-order chi connectivity index (χ0) is 11.1. The quantitative estimate of drug-likeness (QED) is 0.773. The Bertz CT molecular complexity index is 267. The Balaban J connectivity index is 2.50. The maximum atomic E-state index is 12.2. The van der Waals surface area contributed by atoms with E-state index in [4.69, 9.17) is 5.73 Å². The summed E-state index contributed by atoms with van der Waals surface area (Å²) < 4.78 is 24.4. The fourth-order valence-corrected chi connectivity index (χ4v) is 1.36. The SMILES string of the molecule is NCCN(Cc1cccnc1)CC(F)F. The Morgan fingerprint density at radius 3 is 2.80 bits per heavy atom. The Hall–Kier alpha value is -1.07. The van der Waals surface area contributed by atoms with Crippen molar-refractivity contribution < 1.29 is 8.78 Å². The smallest absolute Gasteiger partial charge is 0.251 e. The van der Waals surface area contributed by atoms with E-state index >= 15 is 0 Å². The highest BCUT2D eigenvalue weighted by Crippen LogP contribution is 2.05. The lowest BCUT2D eigenvalue weighted by Crippen LogP contribution is -2.33. The summed E-state index contributed by atoms with van der Waals surface area (Å²) in [7, 11) is 0. The summed E-state index contributed by atoms with van der Waals surface area (Å²) in [5.74, 6) is 0. The molecular weight excluding hydrogens is 200 g/mol. The van der Waals surface area contributed by atoms with E-state index in [-0.39, 0.29) is 6.54 Å². The molecule has 0 aliphatic heterocycles. The first-order valence-corrected chi connectivity index (χ1v) is 4.82. The molecule has 0 amide bonds. The monoisotopic (exact) mass is 215 g/mol. The molecule has 0 bridgehead atoms. The van der Waals surface area contributed by atoms with Crippen LogP contribution in [0.25, 0.3) is 0 Å². The number of hydrogen-bond donors (Lipinski definition) is 1. The molecule has 5 heteroatoms. The number of halogens is 2. The highest BCUT2D eigenvalue weighted by atomic mass is 19.3. The average Bonchev–Trinajstić information content (AvgIpc) is 2.18. The predicted octanol–water partition coefficient (Wildman–Crippen LogP) is 1.11. The van der Waals surface area contributed by atoms with Gasteiger partial charge < -0.3 is 5.73 Å². The topological polar surface area (TPSA) is 42.1 Å². The van der Waals surface area contributed by atoms with Gasteiger partial charge in [0.2, 0.25) is 0 Å². The largest absolute Gasteiger partial charge is 0.329 e. The van der Waals surface area contributed by atoms with E-state index in [9.17, 15) is 8.78 Å². The second-order valence-electron chi connectivity index (χ2n) is 3.28. The third kappa shape index (κ3) is 4.80. The molecular formula is C10H15F2N3. The summed E-state index contributed by atoms with van der Waals surface area (Å²) >= 11 is 0.